The summed E-state index contributed by atoms with van der Waals surface area (Å²) in [5.74, 6) is -0.707. The first-order valence-corrected chi connectivity index (χ1v) is 6.78. The Kier molecular flexibility index (Phi) is 6.87. The number of alkyl halides is 1. The highest BCUT2D eigenvalue weighted by molar-refractivity contribution is 6.17. The molecule has 6 heteroatoms. The van der Waals surface area contributed by atoms with Crippen LogP contribution in [0.15, 0.2) is 30.3 Å². The topological polar surface area (TPSA) is 64.6 Å². The quantitative estimate of drug-likeness (QED) is 0.648. The normalized spacial score (nSPS) is 11.8. The number of amides is 1. The molecule has 0 aliphatic heterocycles. The van der Waals surface area contributed by atoms with Gasteiger partial charge < -0.3 is 14.8 Å². The number of halogens is 1. The molecule has 0 fully saturated rings. The molecular formula is C14H18ClNO4. The molecule has 0 unspecified atom stereocenters. The first-order valence-electron chi connectivity index (χ1n) is 6.24. The van der Waals surface area contributed by atoms with E-state index in [-0.39, 0.29) is 18.6 Å². The lowest BCUT2D eigenvalue weighted by Gasteiger charge is -2.19. The van der Waals surface area contributed by atoms with Crippen LogP contribution in [0.25, 0.3) is 0 Å². The lowest BCUT2D eigenvalue weighted by molar-refractivity contribution is -0.145. The molecule has 5 nitrogen and oxygen atoms in total. The highest BCUT2D eigenvalue weighted by Gasteiger charge is 2.26. The van der Waals surface area contributed by atoms with Crippen LogP contribution >= 0.6 is 11.6 Å². The van der Waals surface area contributed by atoms with Crippen LogP contribution in [-0.4, -0.2) is 24.2 Å². The Bertz CT molecular complexity index is 436. The Morgan fingerprint density at radius 1 is 1.20 bits per heavy atom. The number of esters is 1. The molecule has 1 N–H and O–H groups in total. The van der Waals surface area contributed by atoms with Crippen LogP contribution < -0.4 is 5.32 Å². The molecule has 0 aromatic heterocycles. The lowest BCUT2D eigenvalue weighted by Crippen LogP contribution is -2.45. The molecule has 0 saturated heterocycles. The SMILES string of the molecule is CC(C)[C@H](NC(=O)OCc1ccccc1)C(=O)OCCl. The zero-order chi connectivity index (χ0) is 15.0. The van der Waals surface area contributed by atoms with Crippen LogP contribution in [0.2, 0.25) is 0 Å². The molecule has 1 atom stereocenters. The summed E-state index contributed by atoms with van der Waals surface area (Å²) in [7, 11) is 0. The van der Waals surface area contributed by atoms with Gasteiger partial charge in [0, 0.05) is 0 Å². The standard InChI is InChI=1S/C14H18ClNO4/c1-10(2)12(13(17)20-9-15)16-14(18)19-8-11-6-4-3-5-7-11/h3-7,10,12H,8-9H2,1-2H3,(H,16,18)/t12-/m0/s1. The second-order valence-corrected chi connectivity index (χ2v) is 4.72. The smallest absolute Gasteiger partial charge is 0.408 e. The number of hydrogen-bond acceptors (Lipinski definition) is 4. The van der Waals surface area contributed by atoms with Crippen LogP contribution in [0, 0.1) is 5.92 Å². The van der Waals surface area contributed by atoms with Gasteiger partial charge in [0.05, 0.1) is 0 Å². The van der Waals surface area contributed by atoms with Gasteiger partial charge in [0.15, 0.2) is 6.07 Å². The van der Waals surface area contributed by atoms with E-state index in [0.29, 0.717) is 0 Å². The Hall–Kier alpha value is -1.75. The Labute approximate surface area is 123 Å². The maximum Gasteiger partial charge on any atom is 0.408 e. The fourth-order valence-corrected chi connectivity index (χ4v) is 1.64. The van der Waals surface area contributed by atoms with Crippen molar-refractivity contribution in [3.8, 4) is 0 Å². The summed E-state index contributed by atoms with van der Waals surface area (Å²) >= 11 is 5.34. The molecule has 0 radical (unpaired) electrons. The number of benzene rings is 1. The van der Waals surface area contributed by atoms with E-state index >= 15 is 0 Å². The van der Waals surface area contributed by atoms with Crippen molar-refractivity contribution in [3.63, 3.8) is 0 Å². The second kappa shape index (κ2) is 8.43. The molecule has 0 aliphatic rings. The van der Waals surface area contributed by atoms with Crippen molar-refractivity contribution >= 4 is 23.7 Å². The van der Waals surface area contributed by atoms with Crippen molar-refractivity contribution in [2.24, 2.45) is 5.92 Å². The number of hydrogen-bond donors (Lipinski definition) is 1. The number of carbonyl (C=O) groups is 2. The predicted octanol–water partition coefficient (Wildman–Crippen LogP) is 2.68. The van der Waals surface area contributed by atoms with Crippen molar-refractivity contribution in [1.29, 1.82) is 0 Å². The van der Waals surface area contributed by atoms with Gasteiger partial charge in [-0.05, 0) is 11.5 Å². The van der Waals surface area contributed by atoms with Crippen LogP contribution in [0.3, 0.4) is 0 Å². The zero-order valence-electron chi connectivity index (χ0n) is 11.5. The Balaban J connectivity index is 2.48. The van der Waals surface area contributed by atoms with Crippen molar-refractivity contribution in [2.45, 2.75) is 26.5 Å². The summed E-state index contributed by atoms with van der Waals surface area (Å²) in [6.45, 7) is 3.72. The summed E-state index contributed by atoms with van der Waals surface area (Å²) in [5, 5.41) is 2.48. The first-order chi connectivity index (χ1) is 9.54. The molecule has 0 heterocycles. The van der Waals surface area contributed by atoms with Crippen LogP contribution in [-0.2, 0) is 20.9 Å². The average molecular weight is 300 g/mol. The monoisotopic (exact) mass is 299 g/mol. The first kappa shape index (κ1) is 16.3. The number of nitrogens with one attached hydrogen (secondary N) is 1. The van der Waals surface area contributed by atoms with Crippen molar-refractivity contribution in [3.05, 3.63) is 35.9 Å². The molecule has 1 aromatic rings. The van der Waals surface area contributed by atoms with Crippen molar-refractivity contribution in [2.75, 3.05) is 6.07 Å². The van der Waals surface area contributed by atoms with Gasteiger partial charge in [0.2, 0.25) is 0 Å². The molecule has 0 spiro atoms. The summed E-state index contributed by atoms with van der Waals surface area (Å²) in [6, 6.07) is 8.24. The number of alkyl carbamates (subject to hydrolysis) is 1. The maximum atomic E-state index is 11.7. The predicted molar refractivity (Wildman–Crippen MR) is 75.2 cm³/mol. The largest absolute Gasteiger partial charge is 0.448 e. The van der Waals surface area contributed by atoms with E-state index in [1.807, 2.05) is 30.3 Å². The van der Waals surface area contributed by atoms with E-state index < -0.39 is 18.1 Å². The molecule has 110 valence electrons. The van der Waals surface area contributed by atoms with Crippen molar-refractivity contribution in [1.82, 2.24) is 5.32 Å². The van der Waals surface area contributed by atoms with Gasteiger partial charge in [0.1, 0.15) is 12.6 Å². The Morgan fingerprint density at radius 2 is 1.85 bits per heavy atom. The third kappa shape index (κ3) is 5.48. The second-order valence-electron chi connectivity index (χ2n) is 4.50. The molecule has 20 heavy (non-hydrogen) atoms. The van der Waals surface area contributed by atoms with E-state index in [9.17, 15) is 9.59 Å². The van der Waals surface area contributed by atoms with E-state index in [0.717, 1.165) is 5.56 Å². The summed E-state index contributed by atoms with van der Waals surface area (Å²) in [5.41, 5.74) is 0.868. The van der Waals surface area contributed by atoms with E-state index in [2.05, 4.69) is 10.1 Å². The molecule has 1 aromatic carbocycles. The minimum Gasteiger partial charge on any atom is -0.448 e. The van der Waals surface area contributed by atoms with Gasteiger partial charge in [-0.25, -0.2) is 9.59 Å². The summed E-state index contributed by atoms with van der Waals surface area (Å²) in [4.78, 5) is 23.3. The number of ether oxygens (including phenoxy) is 2. The molecule has 0 bridgehead atoms. The number of carbonyl (C=O) groups excluding carboxylic acids is 2. The molecule has 1 rings (SSSR count). The third-order valence-corrected chi connectivity index (χ3v) is 2.71. The highest BCUT2D eigenvalue weighted by atomic mass is 35.5. The van der Waals surface area contributed by atoms with Crippen LogP contribution in [0.4, 0.5) is 4.79 Å². The third-order valence-electron chi connectivity index (χ3n) is 2.60. The van der Waals surface area contributed by atoms with Crippen LogP contribution in [0.1, 0.15) is 19.4 Å². The molecule has 0 aliphatic carbocycles. The van der Waals surface area contributed by atoms with E-state index in [1.165, 1.54) is 0 Å². The molecule has 1 amide bonds. The summed E-state index contributed by atoms with van der Waals surface area (Å²) in [6.07, 6.45) is -0.668. The minimum absolute atomic E-state index is 0.130. The van der Waals surface area contributed by atoms with Crippen molar-refractivity contribution < 1.29 is 19.1 Å². The lowest BCUT2D eigenvalue weighted by atomic mass is 10.1. The van der Waals surface area contributed by atoms with Gasteiger partial charge in [-0.1, -0.05) is 55.8 Å². The fraction of sp³-hybridized carbons (Fsp3) is 0.429. The average Bonchev–Trinajstić information content (AvgIpc) is 2.43. The Morgan fingerprint density at radius 3 is 2.40 bits per heavy atom. The summed E-state index contributed by atoms with van der Waals surface area (Å²) < 4.78 is 9.73. The molecular weight excluding hydrogens is 282 g/mol. The van der Waals surface area contributed by atoms with Gasteiger partial charge in [0.25, 0.3) is 0 Å². The molecule has 0 saturated carbocycles. The highest BCUT2D eigenvalue weighted by Crippen LogP contribution is 2.06. The van der Waals surface area contributed by atoms with E-state index in [1.54, 1.807) is 13.8 Å². The maximum absolute atomic E-state index is 11.7. The fourth-order valence-electron chi connectivity index (χ4n) is 1.53. The number of rotatable bonds is 6. The minimum atomic E-state index is -0.781. The van der Waals surface area contributed by atoms with Gasteiger partial charge >= 0.3 is 12.1 Å². The van der Waals surface area contributed by atoms with Gasteiger partial charge in [-0.3, -0.25) is 0 Å². The van der Waals surface area contributed by atoms with Gasteiger partial charge in [-0.2, -0.15) is 0 Å². The van der Waals surface area contributed by atoms with Crippen LogP contribution in [0.5, 0.6) is 0 Å². The van der Waals surface area contributed by atoms with Gasteiger partial charge in [-0.15, -0.1) is 0 Å². The van der Waals surface area contributed by atoms with E-state index in [4.69, 9.17) is 16.3 Å². The zero-order valence-corrected chi connectivity index (χ0v) is 12.2.